The van der Waals surface area contributed by atoms with E-state index in [0.717, 1.165) is 0 Å². The van der Waals surface area contributed by atoms with Crippen LogP contribution in [0.1, 0.15) is 25.5 Å². The summed E-state index contributed by atoms with van der Waals surface area (Å²) in [6, 6.07) is 4.98. The highest BCUT2D eigenvalue weighted by Gasteiger charge is 2.28. The fourth-order valence-corrected chi connectivity index (χ4v) is 1.98. The zero-order valence-electron chi connectivity index (χ0n) is 10.8. The second-order valence-electron chi connectivity index (χ2n) is 3.88. The van der Waals surface area contributed by atoms with Crippen molar-refractivity contribution in [3.8, 4) is 5.75 Å². The number of carboxylic acid groups (broad SMARTS) is 1. The van der Waals surface area contributed by atoms with Gasteiger partial charge in [0.2, 0.25) is 0 Å². The Morgan fingerprint density at radius 3 is 2.37 bits per heavy atom. The highest BCUT2D eigenvalue weighted by Crippen LogP contribution is 2.30. The van der Waals surface area contributed by atoms with E-state index in [0.29, 0.717) is 13.1 Å². The summed E-state index contributed by atoms with van der Waals surface area (Å²) < 4.78 is 29.1. The molecule has 1 N–H and O–H groups in total. The Labute approximate surface area is 110 Å². The number of rotatable bonds is 7. The summed E-state index contributed by atoms with van der Waals surface area (Å²) in [5.41, 5.74) is 0.235. The van der Waals surface area contributed by atoms with Crippen molar-refractivity contribution in [2.45, 2.75) is 26.5 Å². The summed E-state index contributed by atoms with van der Waals surface area (Å²) in [7, 11) is 0. The average molecular weight is 273 g/mol. The van der Waals surface area contributed by atoms with Gasteiger partial charge in [0.05, 0.1) is 0 Å². The van der Waals surface area contributed by atoms with Gasteiger partial charge < -0.3 is 9.84 Å². The lowest BCUT2D eigenvalue weighted by molar-refractivity contribution is -0.143. The lowest BCUT2D eigenvalue weighted by Crippen LogP contribution is -2.34. The molecule has 0 aliphatic rings. The number of para-hydroxylation sites is 1. The molecule has 1 aromatic rings. The van der Waals surface area contributed by atoms with Gasteiger partial charge in [-0.2, -0.15) is 8.78 Å². The van der Waals surface area contributed by atoms with Gasteiger partial charge in [-0.1, -0.05) is 32.0 Å². The van der Waals surface area contributed by atoms with Crippen LogP contribution >= 0.6 is 0 Å². The minimum absolute atomic E-state index is 0.100. The summed E-state index contributed by atoms with van der Waals surface area (Å²) in [5.74, 6) is -1.19. The molecule has 0 radical (unpaired) electrons. The molecule has 0 aliphatic heterocycles. The SMILES string of the molecule is CCN(CC)C(C(=O)O)c1ccccc1OC(F)F. The predicted octanol–water partition coefficient (Wildman–Crippen LogP) is 2.76. The molecule has 4 nitrogen and oxygen atoms in total. The molecule has 0 saturated heterocycles. The van der Waals surface area contributed by atoms with Crippen molar-refractivity contribution in [1.82, 2.24) is 4.90 Å². The number of ether oxygens (including phenoxy) is 1. The number of hydrogen-bond acceptors (Lipinski definition) is 3. The molecule has 0 aromatic heterocycles. The van der Waals surface area contributed by atoms with E-state index in [1.807, 2.05) is 13.8 Å². The van der Waals surface area contributed by atoms with Gasteiger partial charge >= 0.3 is 12.6 Å². The Morgan fingerprint density at radius 1 is 1.32 bits per heavy atom. The third-order valence-corrected chi connectivity index (χ3v) is 2.84. The van der Waals surface area contributed by atoms with Crippen LogP contribution in [0.25, 0.3) is 0 Å². The smallest absolute Gasteiger partial charge is 0.387 e. The van der Waals surface area contributed by atoms with Gasteiger partial charge in [-0.15, -0.1) is 0 Å². The summed E-state index contributed by atoms with van der Waals surface area (Å²) >= 11 is 0. The highest BCUT2D eigenvalue weighted by molar-refractivity contribution is 5.76. The van der Waals surface area contributed by atoms with Crippen LogP contribution in [0.2, 0.25) is 0 Å². The van der Waals surface area contributed by atoms with Crippen molar-refractivity contribution in [2.75, 3.05) is 13.1 Å². The molecule has 1 atom stereocenters. The first-order chi connectivity index (χ1) is 9.01. The first-order valence-electron chi connectivity index (χ1n) is 6.01. The van der Waals surface area contributed by atoms with Crippen LogP contribution in [-0.4, -0.2) is 35.7 Å². The maximum Gasteiger partial charge on any atom is 0.387 e. The predicted molar refractivity (Wildman–Crippen MR) is 66.4 cm³/mol. The maximum absolute atomic E-state index is 12.3. The van der Waals surface area contributed by atoms with Crippen molar-refractivity contribution < 1.29 is 23.4 Å². The maximum atomic E-state index is 12.3. The third kappa shape index (κ3) is 3.89. The van der Waals surface area contributed by atoms with E-state index in [2.05, 4.69) is 4.74 Å². The third-order valence-electron chi connectivity index (χ3n) is 2.84. The molecular weight excluding hydrogens is 256 g/mol. The number of likely N-dealkylation sites (N-methyl/N-ethyl adjacent to an activating group) is 1. The molecule has 1 aromatic carbocycles. The quantitative estimate of drug-likeness (QED) is 0.830. The zero-order valence-corrected chi connectivity index (χ0v) is 10.8. The average Bonchev–Trinajstić information content (AvgIpc) is 2.36. The Hall–Kier alpha value is -1.69. The fraction of sp³-hybridized carbons (Fsp3) is 0.462. The van der Waals surface area contributed by atoms with Gasteiger partial charge in [0, 0.05) is 5.56 Å². The van der Waals surface area contributed by atoms with E-state index in [1.165, 1.54) is 18.2 Å². The number of benzene rings is 1. The van der Waals surface area contributed by atoms with Gasteiger partial charge in [-0.05, 0) is 19.2 Å². The first-order valence-corrected chi connectivity index (χ1v) is 6.01. The van der Waals surface area contributed by atoms with E-state index in [4.69, 9.17) is 0 Å². The number of aliphatic carboxylic acids is 1. The van der Waals surface area contributed by atoms with Crippen LogP contribution in [0, 0.1) is 0 Å². The van der Waals surface area contributed by atoms with Crippen LogP contribution in [0.5, 0.6) is 5.75 Å². The van der Waals surface area contributed by atoms with Crippen LogP contribution in [0.4, 0.5) is 8.78 Å². The number of nitrogens with zero attached hydrogens (tertiary/aromatic N) is 1. The Kier molecular flexibility index (Phi) is 5.69. The van der Waals surface area contributed by atoms with Crippen molar-refractivity contribution in [3.05, 3.63) is 29.8 Å². The Morgan fingerprint density at radius 2 is 1.89 bits per heavy atom. The van der Waals surface area contributed by atoms with Crippen molar-refractivity contribution in [2.24, 2.45) is 0 Å². The topological polar surface area (TPSA) is 49.8 Å². The summed E-state index contributed by atoms with van der Waals surface area (Å²) in [4.78, 5) is 13.1. The molecule has 0 aliphatic carbocycles. The van der Waals surface area contributed by atoms with Crippen LogP contribution in [-0.2, 0) is 4.79 Å². The molecule has 0 heterocycles. The van der Waals surface area contributed by atoms with E-state index in [1.54, 1.807) is 11.0 Å². The number of alkyl halides is 2. The minimum Gasteiger partial charge on any atom is -0.480 e. The molecule has 1 rings (SSSR count). The second kappa shape index (κ2) is 7.04. The summed E-state index contributed by atoms with van der Waals surface area (Å²) in [5, 5.41) is 9.33. The van der Waals surface area contributed by atoms with Crippen molar-refractivity contribution >= 4 is 5.97 Å². The second-order valence-corrected chi connectivity index (χ2v) is 3.88. The molecule has 0 fully saturated rings. The first kappa shape index (κ1) is 15.4. The highest BCUT2D eigenvalue weighted by atomic mass is 19.3. The van der Waals surface area contributed by atoms with Crippen LogP contribution < -0.4 is 4.74 Å². The molecule has 0 saturated carbocycles. The summed E-state index contributed by atoms with van der Waals surface area (Å²) in [6.07, 6.45) is 0. The lowest BCUT2D eigenvalue weighted by atomic mass is 10.0. The molecule has 106 valence electrons. The van der Waals surface area contributed by atoms with Crippen LogP contribution in [0.15, 0.2) is 24.3 Å². The van der Waals surface area contributed by atoms with Crippen LogP contribution in [0.3, 0.4) is 0 Å². The molecular formula is C13H17F2NO3. The van der Waals surface area contributed by atoms with Gasteiger partial charge in [0.15, 0.2) is 0 Å². The minimum atomic E-state index is -2.98. The van der Waals surface area contributed by atoms with E-state index in [9.17, 15) is 18.7 Å². The number of hydrogen-bond donors (Lipinski definition) is 1. The fourth-order valence-electron chi connectivity index (χ4n) is 1.98. The zero-order chi connectivity index (χ0) is 14.4. The molecule has 0 amide bonds. The van der Waals surface area contributed by atoms with Gasteiger partial charge in [-0.25, -0.2) is 0 Å². The monoisotopic (exact) mass is 273 g/mol. The summed E-state index contributed by atoms with van der Waals surface area (Å²) in [6.45, 7) is 1.64. The van der Waals surface area contributed by atoms with Crippen molar-refractivity contribution in [1.29, 1.82) is 0 Å². The molecule has 0 spiro atoms. The number of halogens is 2. The molecule has 19 heavy (non-hydrogen) atoms. The van der Waals surface area contributed by atoms with Gasteiger partial charge in [0.25, 0.3) is 0 Å². The molecule has 0 bridgehead atoms. The largest absolute Gasteiger partial charge is 0.480 e. The van der Waals surface area contributed by atoms with Crippen molar-refractivity contribution in [3.63, 3.8) is 0 Å². The van der Waals surface area contributed by atoms with E-state index in [-0.39, 0.29) is 11.3 Å². The normalized spacial score (nSPS) is 12.7. The van der Waals surface area contributed by atoms with Gasteiger partial charge in [0.1, 0.15) is 11.8 Å². The Balaban J connectivity index is 3.18. The molecule has 1 unspecified atom stereocenters. The van der Waals surface area contributed by atoms with Gasteiger partial charge in [-0.3, -0.25) is 9.69 Å². The standard InChI is InChI=1S/C13H17F2NO3/c1-3-16(4-2)11(12(17)18)9-7-5-6-8-10(9)19-13(14)15/h5-8,11,13H,3-4H2,1-2H3,(H,17,18). The molecule has 6 heteroatoms. The van der Waals surface area contributed by atoms with E-state index >= 15 is 0 Å². The Bertz CT molecular complexity index is 422. The number of carboxylic acids is 1. The van der Waals surface area contributed by atoms with E-state index < -0.39 is 18.6 Å². The lowest BCUT2D eigenvalue weighted by Gasteiger charge is -2.27. The number of carbonyl (C=O) groups is 1.